The van der Waals surface area contributed by atoms with E-state index in [-0.39, 0.29) is 0 Å². The van der Waals surface area contributed by atoms with E-state index in [2.05, 4.69) is 89.9 Å². The molecule has 0 aliphatic carbocycles. The van der Waals surface area contributed by atoms with Gasteiger partial charge in [0.2, 0.25) is 5.65 Å². The maximum Gasteiger partial charge on any atom is 0.220 e. The summed E-state index contributed by atoms with van der Waals surface area (Å²) in [7, 11) is 0. The number of benzene rings is 3. The largest absolute Gasteiger partial charge is 0.455 e. The van der Waals surface area contributed by atoms with E-state index in [4.69, 9.17) is 9.40 Å². The standard InChI is InChI=1S/C28H25N5O/c1-16(2)18-10-7-11-19(17(3)4)24(18)33-27(31-26-28(33)29-15-30-32-26)22-13-8-12-21-20-9-5-6-14-23(20)34-25(21)22/h5-17H,1-4H3. The number of hydrogen-bond acceptors (Lipinski definition) is 5. The van der Waals surface area contributed by atoms with Crippen molar-refractivity contribution in [2.75, 3.05) is 0 Å². The average molecular weight is 448 g/mol. The number of fused-ring (bicyclic) bond motifs is 4. The molecule has 0 aliphatic heterocycles. The molecule has 6 nitrogen and oxygen atoms in total. The number of nitrogens with zero attached hydrogens (tertiary/aromatic N) is 5. The van der Waals surface area contributed by atoms with E-state index in [0.717, 1.165) is 39.0 Å². The van der Waals surface area contributed by atoms with Gasteiger partial charge in [0, 0.05) is 10.8 Å². The smallest absolute Gasteiger partial charge is 0.220 e. The van der Waals surface area contributed by atoms with E-state index in [1.807, 2.05) is 18.2 Å². The Balaban J connectivity index is 1.77. The van der Waals surface area contributed by atoms with Crippen LogP contribution < -0.4 is 0 Å². The van der Waals surface area contributed by atoms with Crippen LogP contribution in [0.3, 0.4) is 0 Å². The van der Waals surface area contributed by atoms with Gasteiger partial charge in [0.25, 0.3) is 0 Å². The molecule has 0 radical (unpaired) electrons. The Hall–Kier alpha value is -4.06. The molecule has 0 atom stereocenters. The summed E-state index contributed by atoms with van der Waals surface area (Å²) in [6.45, 7) is 8.87. The molecule has 6 aromatic rings. The van der Waals surface area contributed by atoms with Crippen LogP contribution in [-0.4, -0.2) is 24.7 Å². The van der Waals surface area contributed by atoms with Crippen LogP contribution in [0.5, 0.6) is 0 Å². The van der Waals surface area contributed by atoms with Gasteiger partial charge >= 0.3 is 0 Å². The minimum Gasteiger partial charge on any atom is -0.455 e. The van der Waals surface area contributed by atoms with Crippen LogP contribution in [-0.2, 0) is 0 Å². The molecule has 0 spiro atoms. The minimum atomic E-state index is 0.316. The zero-order valence-corrected chi connectivity index (χ0v) is 19.6. The van der Waals surface area contributed by atoms with Crippen molar-refractivity contribution in [3.05, 3.63) is 78.1 Å². The first-order chi connectivity index (χ1) is 16.5. The van der Waals surface area contributed by atoms with Gasteiger partial charge in [0.15, 0.2) is 11.5 Å². The molecule has 6 rings (SSSR count). The second-order valence-corrected chi connectivity index (χ2v) is 9.25. The lowest BCUT2D eigenvalue weighted by Gasteiger charge is -2.22. The molecule has 168 valence electrons. The zero-order chi connectivity index (χ0) is 23.4. The molecule has 3 aromatic carbocycles. The van der Waals surface area contributed by atoms with Gasteiger partial charge in [-0.3, -0.25) is 4.57 Å². The zero-order valence-electron chi connectivity index (χ0n) is 19.6. The van der Waals surface area contributed by atoms with E-state index in [9.17, 15) is 0 Å². The van der Waals surface area contributed by atoms with Gasteiger partial charge in [-0.1, -0.05) is 76.2 Å². The fraction of sp³-hybridized carbons (Fsp3) is 0.214. The van der Waals surface area contributed by atoms with Crippen molar-refractivity contribution >= 4 is 33.2 Å². The minimum absolute atomic E-state index is 0.316. The Morgan fingerprint density at radius 2 is 1.50 bits per heavy atom. The number of imidazole rings is 1. The molecule has 0 saturated heterocycles. The summed E-state index contributed by atoms with van der Waals surface area (Å²) in [6, 6.07) is 20.8. The van der Waals surface area contributed by atoms with Crippen molar-refractivity contribution in [2.24, 2.45) is 0 Å². The van der Waals surface area contributed by atoms with E-state index in [1.165, 1.54) is 17.5 Å². The molecule has 0 amide bonds. The van der Waals surface area contributed by atoms with E-state index >= 15 is 0 Å². The Bertz CT molecular complexity index is 1650. The van der Waals surface area contributed by atoms with Crippen LogP contribution in [0.25, 0.3) is 50.3 Å². The summed E-state index contributed by atoms with van der Waals surface area (Å²) in [5.41, 5.74) is 7.36. The lowest BCUT2D eigenvalue weighted by Crippen LogP contribution is -2.09. The maximum atomic E-state index is 6.37. The normalized spacial score (nSPS) is 12.1. The quantitative estimate of drug-likeness (QED) is 0.290. The Labute approximate surface area is 197 Å². The number of rotatable bonds is 4. The molecule has 0 unspecified atom stereocenters. The molecular weight excluding hydrogens is 422 g/mol. The van der Waals surface area contributed by atoms with Gasteiger partial charge in [-0.15, -0.1) is 10.2 Å². The Morgan fingerprint density at radius 3 is 2.26 bits per heavy atom. The third-order valence-electron chi connectivity index (χ3n) is 6.43. The van der Waals surface area contributed by atoms with Crippen LogP contribution in [0.4, 0.5) is 0 Å². The number of furan rings is 1. The summed E-state index contributed by atoms with van der Waals surface area (Å²) < 4.78 is 8.52. The van der Waals surface area contributed by atoms with Crippen LogP contribution in [0.2, 0.25) is 0 Å². The topological polar surface area (TPSA) is 69.6 Å². The highest BCUT2D eigenvalue weighted by atomic mass is 16.3. The summed E-state index contributed by atoms with van der Waals surface area (Å²) in [6.07, 6.45) is 1.49. The van der Waals surface area contributed by atoms with E-state index < -0.39 is 0 Å². The Kier molecular flexibility index (Phi) is 4.69. The number of aromatic nitrogens is 5. The summed E-state index contributed by atoms with van der Waals surface area (Å²) >= 11 is 0. The van der Waals surface area contributed by atoms with E-state index in [0.29, 0.717) is 23.1 Å². The van der Waals surface area contributed by atoms with Crippen LogP contribution in [0.1, 0.15) is 50.7 Å². The molecule has 3 heterocycles. The third-order valence-corrected chi connectivity index (χ3v) is 6.43. The van der Waals surface area contributed by atoms with E-state index in [1.54, 1.807) is 0 Å². The van der Waals surface area contributed by atoms with Gasteiger partial charge in [-0.2, -0.15) is 0 Å². The molecule has 3 aromatic heterocycles. The molecule has 0 saturated carbocycles. The average Bonchev–Trinajstić information content (AvgIpc) is 3.42. The number of para-hydroxylation sites is 3. The molecule has 0 bridgehead atoms. The van der Waals surface area contributed by atoms with Crippen molar-refractivity contribution in [2.45, 2.75) is 39.5 Å². The Morgan fingerprint density at radius 1 is 0.794 bits per heavy atom. The first-order valence-electron chi connectivity index (χ1n) is 11.6. The van der Waals surface area contributed by atoms with Crippen LogP contribution in [0, 0.1) is 0 Å². The summed E-state index contributed by atoms with van der Waals surface area (Å²) in [5.74, 6) is 1.38. The summed E-state index contributed by atoms with van der Waals surface area (Å²) in [4.78, 5) is 9.57. The predicted octanol–water partition coefficient (Wildman–Crippen LogP) is 7.02. The molecule has 0 N–H and O–H groups in total. The van der Waals surface area contributed by atoms with Crippen molar-refractivity contribution in [3.63, 3.8) is 0 Å². The van der Waals surface area contributed by atoms with Gasteiger partial charge in [-0.05, 0) is 35.1 Å². The molecule has 6 heteroatoms. The molecule has 0 fully saturated rings. The van der Waals surface area contributed by atoms with Gasteiger partial charge in [0.05, 0.1) is 11.3 Å². The predicted molar refractivity (Wildman–Crippen MR) is 135 cm³/mol. The molecule has 34 heavy (non-hydrogen) atoms. The monoisotopic (exact) mass is 447 g/mol. The fourth-order valence-corrected chi connectivity index (χ4v) is 4.83. The highest BCUT2D eigenvalue weighted by Gasteiger charge is 2.25. The lowest BCUT2D eigenvalue weighted by molar-refractivity contribution is 0.669. The van der Waals surface area contributed by atoms with Crippen molar-refractivity contribution in [3.8, 4) is 17.1 Å². The van der Waals surface area contributed by atoms with Crippen molar-refractivity contribution < 1.29 is 4.42 Å². The maximum absolute atomic E-state index is 6.37. The lowest BCUT2D eigenvalue weighted by atomic mass is 9.92. The third kappa shape index (κ3) is 3.02. The second-order valence-electron chi connectivity index (χ2n) is 9.25. The molecular formula is C28H25N5O. The SMILES string of the molecule is CC(C)c1cccc(C(C)C)c1-n1c(-c2cccc3c2oc2ccccc23)nc2nncnc21. The molecule has 0 aliphatic rings. The second kappa shape index (κ2) is 7.76. The highest BCUT2D eigenvalue weighted by molar-refractivity contribution is 6.09. The van der Waals surface area contributed by atoms with Gasteiger partial charge in [0.1, 0.15) is 17.5 Å². The van der Waals surface area contributed by atoms with Crippen LogP contribution >= 0.6 is 0 Å². The van der Waals surface area contributed by atoms with Crippen LogP contribution in [0.15, 0.2) is 71.4 Å². The first kappa shape index (κ1) is 20.5. The first-order valence-corrected chi connectivity index (χ1v) is 11.6. The van der Waals surface area contributed by atoms with Gasteiger partial charge < -0.3 is 4.42 Å². The van der Waals surface area contributed by atoms with Gasteiger partial charge in [-0.25, -0.2) is 9.97 Å². The highest BCUT2D eigenvalue weighted by Crippen LogP contribution is 2.40. The van der Waals surface area contributed by atoms with Crippen molar-refractivity contribution in [1.29, 1.82) is 0 Å². The fourth-order valence-electron chi connectivity index (χ4n) is 4.83. The van der Waals surface area contributed by atoms with Crippen molar-refractivity contribution in [1.82, 2.24) is 24.7 Å². The number of hydrogen-bond donors (Lipinski definition) is 0. The summed E-state index contributed by atoms with van der Waals surface area (Å²) in [5, 5.41) is 10.5.